The summed E-state index contributed by atoms with van der Waals surface area (Å²) in [6.45, 7) is 0. The van der Waals surface area contributed by atoms with E-state index in [1.165, 1.54) is 11.3 Å². The van der Waals surface area contributed by atoms with Gasteiger partial charge in [0.15, 0.2) is 5.41 Å². The molecule has 1 aromatic heterocycles. The molecule has 26 heavy (non-hydrogen) atoms. The number of primary amides is 1. The Morgan fingerprint density at radius 1 is 1.23 bits per heavy atom. The summed E-state index contributed by atoms with van der Waals surface area (Å²) in [6.07, 6.45) is 3.68. The van der Waals surface area contributed by atoms with Crippen LogP contribution in [0, 0.1) is 28.1 Å². The van der Waals surface area contributed by atoms with Gasteiger partial charge < -0.3 is 10.6 Å². The average molecular weight is 425 g/mol. The van der Waals surface area contributed by atoms with Crippen molar-refractivity contribution in [1.29, 1.82) is 10.5 Å². The molecule has 0 radical (unpaired) electrons. The fraction of sp³-hybridized carbons (Fsp3) is 0.211. The minimum atomic E-state index is -1.43. The van der Waals surface area contributed by atoms with Gasteiger partial charge in [-0.15, -0.1) is 11.3 Å². The maximum Gasteiger partial charge on any atom is 0.240 e. The second-order valence-electron chi connectivity index (χ2n) is 6.35. The fourth-order valence-electron chi connectivity index (χ4n) is 4.12. The van der Waals surface area contributed by atoms with E-state index in [1.54, 1.807) is 11.1 Å². The number of nitriles is 2. The summed E-state index contributed by atoms with van der Waals surface area (Å²) in [4.78, 5) is 15.0. The van der Waals surface area contributed by atoms with Crippen LogP contribution in [0.2, 0.25) is 0 Å². The average Bonchev–Trinajstić information content (AvgIpc) is 3.20. The van der Waals surface area contributed by atoms with Crippen molar-refractivity contribution >= 4 is 39.2 Å². The van der Waals surface area contributed by atoms with Gasteiger partial charge in [0.1, 0.15) is 6.04 Å². The number of hydrogen-bond donors (Lipinski definition) is 1. The third-order valence-electron chi connectivity index (χ3n) is 5.14. The van der Waals surface area contributed by atoms with E-state index in [-0.39, 0.29) is 0 Å². The summed E-state index contributed by atoms with van der Waals surface area (Å²) in [6, 6.07) is 14.5. The van der Waals surface area contributed by atoms with Crippen LogP contribution in [0.3, 0.4) is 0 Å². The predicted molar refractivity (Wildman–Crippen MR) is 101 cm³/mol. The van der Waals surface area contributed by atoms with E-state index < -0.39 is 29.3 Å². The molecular weight excluding hydrogens is 412 g/mol. The number of carbonyl (C=O) groups excluding carboxylic acids is 1. The molecule has 0 spiro atoms. The van der Waals surface area contributed by atoms with Gasteiger partial charge in [-0.25, -0.2) is 0 Å². The van der Waals surface area contributed by atoms with Gasteiger partial charge in [0.05, 0.1) is 27.9 Å². The monoisotopic (exact) mass is 424 g/mol. The quantitative estimate of drug-likeness (QED) is 0.797. The Hall–Kier alpha value is -2.61. The van der Waals surface area contributed by atoms with E-state index in [4.69, 9.17) is 5.73 Å². The number of fused-ring (bicyclic) bond motifs is 3. The maximum absolute atomic E-state index is 12.4. The Morgan fingerprint density at radius 2 is 1.96 bits per heavy atom. The number of amides is 1. The van der Waals surface area contributed by atoms with E-state index in [2.05, 4.69) is 28.1 Å². The first-order valence-electron chi connectivity index (χ1n) is 7.95. The van der Waals surface area contributed by atoms with Crippen LogP contribution in [0.1, 0.15) is 28.0 Å². The van der Waals surface area contributed by atoms with Crippen LogP contribution in [0.25, 0.3) is 6.08 Å². The molecule has 0 bridgehead atoms. The van der Waals surface area contributed by atoms with Crippen molar-refractivity contribution in [2.45, 2.75) is 18.0 Å². The maximum atomic E-state index is 12.4. The molecule has 1 amide bonds. The summed E-state index contributed by atoms with van der Waals surface area (Å²) < 4.78 is 0.876. The van der Waals surface area contributed by atoms with Crippen molar-refractivity contribution in [2.75, 3.05) is 0 Å². The van der Waals surface area contributed by atoms with Crippen molar-refractivity contribution in [3.63, 3.8) is 0 Å². The third-order valence-corrected chi connectivity index (χ3v) is 6.84. The molecule has 128 valence electrons. The normalized spacial score (nSPS) is 25.0. The van der Waals surface area contributed by atoms with Crippen molar-refractivity contribution in [1.82, 2.24) is 4.90 Å². The minimum absolute atomic E-state index is 0.541. The van der Waals surface area contributed by atoms with Crippen molar-refractivity contribution in [3.05, 3.63) is 62.4 Å². The van der Waals surface area contributed by atoms with E-state index >= 15 is 0 Å². The van der Waals surface area contributed by atoms with Gasteiger partial charge >= 0.3 is 0 Å². The zero-order chi connectivity index (χ0) is 18.5. The summed E-state index contributed by atoms with van der Waals surface area (Å²) in [5.41, 5.74) is 6.13. The second-order valence-corrected chi connectivity index (χ2v) is 8.85. The Balaban J connectivity index is 2.01. The lowest BCUT2D eigenvalue weighted by Gasteiger charge is -2.34. The number of rotatable bonds is 2. The number of carbonyl (C=O) groups is 1. The molecule has 2 aliphatic heterocycles. The Labute approximate surface area is 163 Å². The number of nitrogens with zero attached hydrogens (tertiary/aromatic N) is 3. The SMILES string of the molecule is N#CC1(C#N)C(c2ccc(Br)s2)C(C(N)=O)N2C=Cc3ccccc3C21. The van der Waals surface area contributed by atoms with Crippen LogP contribution in [0.4, 0.5) is 0 Å². The first-order valence-corrected chi connectivity index (χ1v) is 9.56. The second kappa shape index (κ2) is 5.98. The van der Waals surface area contributed by atoms with Crippen LogP contribution in [-0.4, -0.2) is 16.8 Å². The molecule has 3 atom stereocenters. The molecule has 3 heterocycles. The standard InChI is InChI=1S/C19H13BrN4OS/c20-14-6-5-13(26-14)15-16(18(23)25)24-8-7-11-3-1-2-4-12(11)17(24)19(15,9-21)10-22/h1-8,15-17H,(H2,23,25). The highest BCUT2D eigenvalue weighted by molar-refractivity contribution is 9.11. The van der Waals surface area contributed by atoms with E-state index in [1.807, 2.05) is 42.5 Å². The first kappa shape index (κ1) is 16.8. The molecule has 7 heteroatoms. The van der Waals surface area contributed by atoms with Crippen molar-refractivity contribution in [2.24, 2.45) is 11.1 Å². The van der Waals surface area contributed by atoms with Gasteiger partial charge in [0, 0.05) is 11.1 Å². The molecule has 1 aromatic carbocycles. The molecule has 1 fully saturated rings. The largest absolute Gasteiger partial charge is 0.368 e. The zero-order valence-corrected chi connectivity index (χ0v) is 15.9. The molecule has 4 rings (SSSR count). The van der Waals surface area contributed by atoms with E-state index in [9.17, 15) is 15.3 Å². The van der Waals surface area contributed by atoms with Crippen LogP contribution < -0.4 is 5.73 Å². The molecule has 3 unspecified atom stereocenters. The Morgan fingerprint density at radius 3 is 2.58 bits per heavy atom. The topological polar surface area (TPSA) is 93.9 Å². The number of thiophene rings is 1. The van der Waals surface area contributed by atoms with Gasteiger partial charge in [-0.2, -0.15) is 10.5 Å². The number of halogens is 1. The van der Waals surface area contributed by atoms with Gasteiger partial charge in [-0.3, -0.25) is 4.79 Å². The number of benzene rings is 1. The van der Waals surface area contributed by atoms with Crippen molar-refractivity contribution in [3.8, 4) is 12.1 Å². The summed E-state index contributed by atoms with van der Waals surface area (Å²) in [5.74, 6) is -1.17. The van der Waals surface area contributed by atoms with Crippen LogP contribution >= 0.6 is 27.3 Å². The molecule has 2 N–H and O–H groups in total. The first-order chi connectivity index (χ1) is 12.5. The van der Waals surface area contributed by atoms with Crippen LogP contribution in [0.15, 0.2) is 46.4 Å². The molecule has 0 aliphatic carbocycles. The molecule has 2 aliphatic rings. The highest BCUT2D eigenvalue weighted by atomic mass is 79.9. The molecular formula is C19H13BrN4OS. The Kier molecular flexibility index (Phi) is 3.87. The number of nitrogens with two attached hydrogens (primary N) is 1. The van der Waals surface area contributed by atoms with E-state index in [0.29, 0.717) is 0 Å². The Bertz CT molecular complexity index is 1000. The van der Waals surface area contributed by atoms with Crippen molar-refractivity contribution < 1.29 is 4.79 Å². The third kappa shape index (κ3) is 2.14. The highest BCUT2D eigenvalue weighted by Gasteiger charge is 2.64. The lowest BCUT2D eigenvalue weighted by atomic mass is 9.70. The van der Waals surface area contributed by atoms with Gasteiger partial charge in [-0.05, 0) is 45.3 Å². The van der Waals surface area contributed by atoms with Crippen LogP contribution in [-0.2, 0) is 4.79 Å². The summed E-state index contributed by atoms with van der Waals surface area (Å²) in [7, 11) is 0. The molecule has 5 nitrogen and oxygen atoms in total. The summed E-state index contributed by atoms with van der Waals surface area (Å²) >= 11 is 4.85. The fourth-order valence-corrected chi connectivity index (χ4v) is 5.75. The highest BCUT2D eigenvalue weighted by Crippen LogP contribution is 2.60. The van der Waals surface area contributed by atoms with E-state index in [0.717, 1.165) is 19.8 Å². The zero-order valence-electron chi connectivity index (χ0n) is 13.5. The number of hydrogen-bond acceptors (Lipinski definition) is 5. The summed E-state index contributed by atoms with van der Waals surface area (Å²) in [5, 5.41) is 20.3. The molecule has 1 saturated heterocycles. The van der Waals surface area contributed by atoms with Gasteiger partial charge in [-0.1, -0.05) is 24.3 Å². The minimum Gasteiger partial charge on any atom is -0.368 e. The predicted octanol–water partition coefficient (Wildman–Crippen LogP) is 3.52. The molecule has 2 aromatic rings. The van der Waals surface area contributed by atoms with Gasteiger partial charge in [0.25, 0.3) is 0 Å². The van der Waals surface area contributed by atoms with Gasteiger partial charge in [0.2, 0.25) is 5.91 Å². The van der Waals surface area contributed by atoms with Crippen LogP contribution in [0.5, 0.6) is 0 Å². The lowest BCUT2D eigenvalue weighted by Crippen LogP contribution is -2.41. The lowest BCUT2D eigenvalue weighted by molar-refractivity contribution is -0.122. The molecule has 0 saturated carbocycles. The smallest absolute Gasteiger partial charge is 0.240 e.